The largest absolute Gasteiger partial charge is 0.360 e. The van der Waals surface area contributed by atoms with Crippen LogP contribution in [0.15, 0.2) is 27.6 Å². The molecule has 2 aromatic heterocycles. The number of fused-ring (bicyclic) bond motifs is 1. The van der Waals surface area contributed by atoms with E-state index in [2.05, 4.69) is 14.9 Å². The molecular formula is C13H13N3O3S2. The molecule has 1 aromatic carbocycles. The van der Waals surface area contributed by atoms with Gasteiger partial charge >= 0.3 is 0 Å². The first-order chi connectivity index (χ1) is 9.88. The number of aryl methyl sites for hydroxylation is 3. The fourth-order valence-electron chi connectivity index (χ4n) is 2.15. The maximum Gasteiger partial charge on any atom is 0.269 e. The van der Waals surface area contributed by atoms with Gasteiger partial charge in [0.1, 0.15) is 5.69 Å². The van der Waals surface area contributed by atoms with Crippen LogP contribution in [0, 0.1) is 20.8 Å². The summed E-state index contributed by atoms with van der Waals surface area (Å²) in [5, 5.41) is 4.00. The van der Waals surface area contributed by atoms with Gasteiger partial charge in [-0.1, -0.05) is 28.6 Å². The molecule has 3 rings (SSSR count). The Balaban J connectivity index is 2.04. The average molecular weight is 323 g/mol. The van der Waals surface area contributed by atoms with E-state index in [9.17, 15) is 8.42 Å². The van der Waals surface area contributed by atoms with Crippen molar-refractivity contribution in [3.63, 3.8) is 0 Å². The van der Waals surface area contributed by atoms with Crippen LogP contribution in [-0.2, 0) is 10.0 Å². The van der Waals surface area contributed by atoms with Crippen molar-refractivity contribution in [3.8, 4) is 0 Å². The van der Waals surface area contributed by atoms with Gasteiger partial charge in [-0.25, -0.2) is 13.4 Å². The van der Waals surface area contributed by atoms with Crippen molar-refractivity contribution in [2.24, 2.45) is 0 Å². The number of aromatic nitrogens is 2. The smallest absolute Gasteiger partial charge is 0.269 e. The molecule has 110 valence electrons. The lowest BCUT2D eigenvalue weighted by Gasteiger charge is -2.03. The highest BCUT2D eigenvalue weighted by molar-refractivity contribution is 7.93. The van der Waals surface area contributed by atoms with E-state index in [1.807, 2.05) is 25.1 Å². The third-order valence-electron chi connectivity index (χ3n) is 3.08. The van der Waals surface area contributed by atoms with Crippen LogP contribution in [0.5, 0.6) is 0 Å². The van der Waals surface area contributed by atoms with E-state index in [4.69, 9.17) is 4.52 Å². The van der Waals surface area contributed by atoms with Gasteiger partial charge in [-0.15, -0.1) is 0 Å². The summed E-state index contributed by atoms with van der Waals surface area (Å²) in [6.45, 7) is 5.10. The van der Waals surface area contributed by atoms with Crippen LogP contribution in [0.1, 0.15) is 17.0 Å². The molecular weight excluding hydrogens is 310 g/mol. The van der Waals surface area contributed by atoms with E-state index in [-0.39, 0.29) is 10.7 Å². The number of nitrogens with zero attached hydrogens (tertiary/aromatic N) is 2. The third kappa shape index (κ3) is 2.40. The molecule has 0 saturated carbocycles. The van der Waals surface area contributed by atoms with Crippen LogP contribution in [-0.4, -0.2) is 18.6 Å². The standard InChI is InChI=1S/C13H13N3O3S2/c1-7-5-4-6-10-11(7)14-13(20-10)16-21(17,18)12-8(2)15-19-9(12)3/h4-6H,1-3H3,(H,14,16). The molecule has 6 nitrogen and oxygen atoms in total. The first kappa shape index (κ1) is 14.0. The lowest BCUT2D eigenvalue weighted by atomic mass is 10.2. The molecule has 0 aliphatic rings. The SMILES string of the molecule is Cc1noc(C)c1S(=O)(=O)Nc1nc2c(C)cccc2s1. The minimum atomic E-state index is -3.75. The summed E-state index contributed by atoms with van der Waals surface area (Å²) in [4.78, 5) is 4.41. The summed E-state index contributed by atoms with van der Waals surface area (Å²) in [6, 6.07) is 5.77. The zero-order chi connectivity index (χ0) is 15.2. The summed E-state index contributed by atoms with van der Waals surface area (Å²) in [6.07, 6.45) is 0. The number of benzene rings is 1. The second-order valence-electron chi connectivity index (χ2n) is 4.70. The zero-order valence-electron chi connectivity index (χ0n) is 11.7. The van der Waals surface area contributed by atoms with Crippen LogP contribution in [0.4, 0.5) is 5.13 Å². The number of sulfonamides is 1. The maximum atomic E-state index is 12.4. The molecule has 1 N–H and O–H groups in total. The first-order valence-corrected chi connectivity index (χ1v) is 8.50. The number of thiazole rings is 1. The van der Waals surface area contributed by atoms with Gasteiger partial charge in [0.05, 0.1) is 10.2 Å². The van der Waals surface area contributed by atoms with Crippen molar-refractivity contribution < 1.29 is 12.9 Å². The van der Waals surface area contributed by atoms with E-state index in [1.165, 1.54) is 11.3 Å². The molecule has 8 heteroatoms. The monoisotopic (exact) mass is 323 g/mol. The summed E-state index contributed by atoms with van der Waals surface area (Å²) < 4.78 is 33.2. The quantitative estimate of drug-likeness (QED) is 0.801. The van der Waals surface area contributed by atoms with Gasteiger partial charge in [0.2, 0.25) is 0 Å². The maximum absolute atomic E-state index is 12.4. The van der Waals surface area contributed by atoms with Gasteiger partial charge in [0.25, 0.3) is 10.0 Å². The predicted octanol–water partition coefficient (Wildman–Crippen LogP) is 3.01. The molecule has 0 radical (unpaired) electrons. The van der Waals surface area contributed by atoms with Crippen LogP contribution >= 0.6 is 11.3 Å². The minimum absolute atomic E-state index is 0.0680. The zero-order valence-corrected chi connectivity index (χ0v) is 13.3. The predicted molar refractivity (Wildman–Crippen MR) is 81.1 cm³/mol. The molecule has 0 bridgehead atoms. The van der Waals surface area contributed by atoms with E-state index in [1.54, 1.807) is 13.8 Å². The molecule has 0 amide bonds. The Kier molecular flexibility index (Phi) is 3.22. The van der Waals surface area contributed by atoms with Gasteiger partial charge in [-0.3, -0.25) is 4.72 Å². The molecule has 3 aromatic rings. The number of rotatable bonds is 3. The highest BCUT2D eigenvalue weighted by Crippen LogP contribution is 2.30. The second kappa shape index (κ2) is 4.81. The van der Waals surface area contributed by atoms with Crippen molar-refractivity contribution in [1.82, 2.24) is 10.1 Å². The summed E-state index contributed by atoms with van der Waals surface area (Å²) in [5.41, 5.74) is 2.14. The van der Waals surface area contributed by atoms with Crippen molar-refractivity contribution >= 4 is 36.7 Å². The molecule has 0 atom stereocenters. The Morgan fingerprint density at radius 2 is 2.00 bits per heavy atom. The van der Waals surface area contributed by atoms with Crippen molar-refractivity contribution in [2.75, 3.05) is 4.72 Å². The van der Waals surface area contributed by atoms with Gasteiger partial charge in [0, 0.05) is 0 Å². The van der Waals surface area contributed by atoms with Crippen molar-refractivity contribution in [1.29, 1.82) is 0 Å². The topological polar surface area (TPSA) is 85.1 Å². The Labute approximate surface area is 125 Å². The number of nitrogens with one attached hydrogen (secondary N) is 1. The molecule has 0 fully saturated rings. The summed E-state index contributed by atoms with van der Waals surface area (Å²) in [5.74, 6) is 0.261. The molecule has 21 heavy (non-hydrogen) atoms. The minimum Gasteiger partial charge on any atom is -0.360 e. The highest BCUT2D eigenvalue weighted by atomic mass is 32.2. The van der Waals surface area contributed by atoms with Gasteiger partial charge in [-0.05, 0) is 32.4 Å². The lowest BCUT2D eigenvalue weighted by molar-refractivity contribution is 0.390. The number of hydrogen-bond donors (Lipinski definition) is 1. The van der Waals surface area contributed by atoms with Crippen molar-refractivity contribution in [2.45, 2.75) is 25.7 Å². The summed E-state index contributed by atoms with van der Waals surface area (Å²) >= 11 is 1.29. The van der Waals surface area contributed by atoms with E-state index >= 15 is 0 Å². The Bertz CT molecular complexity index is 906. The fraction of sp³-hybridized carbons (Fsp3) is 0.231. The van der Waals surface area contributed by atoms with Crippen LogP contribution in [0.3, 0.4) is 0 Å². The van der Waals surface area contributed by atoms with Gasteiger partial charge in [-0.2, -0.15) is 0 Å². The Morgan fingerprint density at radius 3 is 2.62 bits per heavy atom. The number of hydrogen-bond acceptors (Lipinski definition) is 6. The van der Waals surface area contributed by atoms with E-state index in [0.717, 1.165) is 15.8 Å². The Hall–Kier alpha value is -1.93. The van der Waals surface area contributed by atoms with Gasteiger partial charge < -0.3 is 4.52 Å². The van der Waals surface area contributed by atoms with Gasteiger partial charge in [0.15, 0.2) is 15.8 Å². The molecule has 0 aliphatic heterocycles. The molecule has 0 spiro atoms. The first-order valence-electron chi connectivity index (χ1n) is 6.20. The van der Waals surface area contributed by atoms with E-state index < -0.39 is 10.0 Å². The van der Waals surface area contributed by atoms with Crippen LogP contribution in [0.2, 0.25) is 0 Å². The highest BCUT2D eigenvalue weighted by Gasteiger charge is 2.25. The normalized spacial score (nSPS) is 12.0. The molecule has 0 unspecified atom stereocenters. The number of anilines is 1. The van der Waals surface area contributed by atoms with Crippen LogP contribution in [0.25, 0.3) is 10.2 Å². The fourth-order valence-corrected chi connectivity index (χ4v) is 4.66. The van der Waals surface area contributed by atoms with E-state index in [0.29, 0.717) is 10.8 Å². The average Bonchev–Trinajstić information content (AvgIpc) is 2.93. The molecule has 2 heterocycles. The lowest BCUT2D eigenvalue weighted by Crippen LogP contribution is -2.14. The second-order valence-corrected chi connectivity index (χ2v) is 7.35. The molecule has 0 saturated heterocycles. The summed E-state index contributed by atoms with van der Waals surface area (Å²) in [7, 11) is -3.75. The number of para-hydroxylation sites is 1. The molecule has 0 aliphatic carbocycles. The van der Waals surface area contributed by atoms with Crippen molar-refractivity contribution in [3.05, 3.63) is 35.2 Å². The third-order valence-corrected chi connectivity index (χ3v) is 5.73. The Morgan fingerprint density at radius 1 is 1.24 bits per heavy atom. The van der Waals surface area contributed by atoms with Crippen LogP contribution < -0.4 is 4.72 Å².